The van der Waals surface area contributed by atoms with E-state index < -0.39 is 0 Å². The molecular formula is C24H35NP-. The van der Waals surface area contributed by atoms with Crippen molar-refractivity contribution in [1.29, 1.82) is 0 Å². The molecule has 0 aliphatic carbocycles. The highest BCUT2D eigenvalue weighted by atomic mass is 31.1. The van der Waals surface area contributed by atoms with Crippen LogP contribution < -0.4 is 5.30 Å². The Bertz CT molecular complexity index is 682. The molecule has 0 atom stereocenters. The fourth-order valence-corrected chi connectivity index (χ4v) is 6.64. The zero-order valence-electron chi connectivity index (χ0n) is 17.7. The lowest BCUT2D eigenvalue weighted by atomic mass is 9.92. The standard InChI is InChI=1S/C24H35NP/c1-16(2)20-12-11-13-21(17(3)4)24(20)25-22-14-9-10-15-23(22)26(18(5)6)19(7)8/h9-19H,1-8H3/q-1. The lowest BCUT2D eigenvalue weighted by molar-refractivity contribution is 0.840. The van der Waals surface area contributed by atoms with Crippen molar-refractivity contribution < 1.29 is 0 Å². The predicted octanol–water partition coefficient (Wildman–Crippen LogP) is 8.19. The Balaban J connectivity index is 2.57. The van der Waals surface area contributed by atoms with Crippen LogP contribution in [0.4, 0.5) is 11.4 Å². The lowest BCUT2D eigenvalue weighted by Gasteiger charge is -2.37. The van der Waals surface area contributed by atoms with E-state index in [1.54, 1.807) is 0 Å². The Morgan fingerprint density at radius 1 is 0.654 bits per heavy atom. The number of nitrogens with zero attached hydrogens (tertiary/aromatic N) is 1. The van der Waals surface area contributed by atoms with Crippen molar-refractivity contribution in [3.05, 3.63) is 58.9 Å². The molecule has 0 N–H and O–H groups in total. The van der Waals surface area contributed by atoms with Crippen LogP contribution >= 0.6 is 7.92 Å². The fourth-order valence-electron chi connectivity index (χ4n) is 3.69. The molecule has 0 saturated carbocycles. The average Bonchev–Trinajstić information content (AvgIpc) is 2.55. The van der Waals surface area contributed by atoms with Gasteiger partial charge in [-0.15, -0.1) is 11.4 Å². The van der Waals surface area contributed by atoms with Crippen molar-refractivity contribution in [2.24, 2.45) is 0 Å². The monoisotopic (exact) mass is 368 g/mol. The third-order valence-corrected chi connectivity index (χ3v) is 8.01. The molecule has 2 heteroatoms. The first-order valence-corrected chi connectivity index (χ1v) is 11.4. The largest absolute Gasteiger partial charge is 0.657 e. The Morgan fingerprint density at radius 2 is 1.15 bits per heavy atom. The SMILES string of the molecule is CC(C)c1cccc(C(C)C)c1[N-]c1ccccc1P(C(C)C)C(C)C. The topological polar surface area (TPSA) is 14.1 Å². The van der Waals surface area contributed by atoms with Crippen molar-refractivity contribution in [2.45, 2.75) is 78.5 Å². The number of hydrogen-bond acceptors (Lipinski definition) is 0. The Labute approximate surface area is 162 Å². The molecule has 0 bridgehead atoms. The van der Waals surface area contributed by atoms with E-state index in [-0.39, 0.29) is 7.92 Å². The van der Waals surface area contributed by atoms with Crippen molar-refractivity contribution in [2.75, 3.05) is 0 Å². The molecule has 0 amide bonds. The molecule has 142 valence electrons. The van der Waals surface area contributed by atoms with Gasteiger partial charge in [-0.25, -0.2) is 0 Å². The van der Waals surface area contributed by atoms with Gasteiger partial charge in [-0.05, 0) is 28.5 Å². The van der Waals surface area contributed by atoms with E-state index in [4.69, 9.17) is 5.32 Å². The molecule has 0 aliphatic heterocycles. The number of hydrogen-bond donors (Lipinski definition) is 0. The maximum absolute atomic E-state index is 5.29. The number of para-hydroxylation sites is 2. The van der Waals surface area contributed by atoms with Crippen LogP contribution in [0.2, 0.25) is 0 Å². The van der Waals surface area contributed by atoms with Gasteiger partial charge in [0.25, 0.3) is 0 Å². The molecule has 0 fully saturated rings. The highest BCUT2D eigenvalue weighted by Gasteiger charge is 2.19. The third-order valence-electron chi connectivity index (χ3n) is 4.85. The second-order valence-electron chi connectivity index (χ2n) is 8.29. The molecular weight excluding hydrogens is 333 g/mol. The van der Waals surface area contributed by atoms with Crippen LogP contribution in [-0.2, 0) is 0 Å². The van der Waals surface area contributed by atoms with E-state index in [0.29, 0.717) is 23.2 Å². The zero-order chi connectivity index (χ0) is 19.4. The normalized spacial score (nSPS) is 12.0. The van der Waals surface area contributed by atoms with Gasteiger partial charge in [0, 0.05) is 0 Å². The first-order chi connectivity index (χ1) is 12.2. The summed E-state index contributed by atoms with van der Waals surface area (Å²) in [7, 11) is -0.234. The van der Waals surface area contributed by atoms with Crippen molar-refractivity contribution in [3.63, 3.8) is 0 Å². The molecule has 0 aliphatic rings. The molecule has 0 spiro atoms. The smallest absolute Gasteiger partial charge is 0.0224 e. The third kappa shape index (κ3) is 4.68. The Morgan fingerprint density at radius 3 is 1.62 bits per heavy atom. The Hall–Kier alpha value is -1.33. The van der Waals surface area contributed by atoms with Crippen molar-refractivity contribution in [1.82, 2.24) is 0 Å². The van der Waals surface area contributed by atoms with Gasteiger partial charge < -0.3 is 5.32 Å². The van der Waals surface area contributed by atoms with Gasteiger partial charge in [0.1, 0.15) is 0 Å². The van der Waals surface area contributed by atoms with E-state index in [1.165, 1.54) is 22.1 Å². The van der Waals surface area contributed by atoms with Gasteiger partial charge in [-0.1, -0.05) is 117 Å². The molecule has 0 unspecified atom stereocenters. The van der Waals surface area contributed by atoms with Crippen molar-refractivity contribution >= 4 is 24.6 Å². The summed E-state index contributed by atoms with van der Waals surface area (Å²) in [5.74, 6) is 0.938. The van der Waals surface area contributed by atoms with Crippen molar-refractivity contribution in [3.8, 4) is 0 Å². The minimum absolute atomic E-state index is 0.234. The molecule has 26 heavy (non-hydrogen) atoms. The molecule has 0 saturated heterocycles. The van der Waals surface area contributed by atoms with E-state index in [0.717, 1.165) is 5.69 Å². The number of rotatable bonds is 7. The molecule has 2 aromatic carbocycles. The predicted molar refractivity (Wildman–Crippen MR) is 121 cm³/mol. The Kier molecular flexibility index (Phi) is 7.30. The maximum atomic E-state index is 5.29. The van der Waals surface area contributed by atoms with Crippen LogP contribution in [0.5, 0.6) is 0 Å². The molecule has 0 heterocycles. The zero-order valence-corrected chi connectivity index (χ0v) is 18.6. The summed E-state index contributed by atoms with van der Waals surface area (Å²) in [5, 5.41) is 6.73. The highest BCUT2D eigenvalue weighted by molar-refractivity contribution is 7.67. The first-order valence-electron chi connectivity index (χ1n) is 9.95. The van der Waals surface area contributed by atoms with Gasteiger partial charge in [0.15, 0.2) is 0 Å². The van der Waals surface area contributed by atoms with E-state index in [9.17, 15) is 0 Å². The van der Waals surface area contributed by atoms with Crippen LogP contribution in [0.3, 0.4) is 0 Å². The molecule has 2 rings (SSSR count). The summed E-state index contributed by atoms with van der Waals surface area (Å²) < 4.78 is 0. The van der Waals surface area contributed by atoms with Gasteiger partial charge in [0.2, 0.25) is 0 Å². The summed E-state index contributed by atoms with van der Waals surface area (Å²) in [4.78, 5) is 0. The van der Waals surface area contributed by atoms with Crippen LogP contribution in [-0.4, -0.2) is 11.3 Å². The van der Waals surface area contributed by atoms with Gasteiger partial charge in [-0.2, -0.15) is 0 Å². The van der Waals surface area contributed by atoms with E-state index in [1.807, 2.05) is 0 Å². The second kappa shape index (κ2) is 9.05. The van der Waals surface area contributed by atoms with Crippen LogP contribution in [0.25, 0.3) is 5.32 Å². The summed E-state index contributed by atoms with van der Waals surface area (Å²) in [6.45, 7) is 18.5. The summed E-state index contributed by atoms with van der Waals surface area (Å²) in [6.07, 6.45) is 0. The maximum Gasteiger partial charge on any atom is -0.0224 e. The van der Waals surface area contributed by atoms with Crippen LogP contribution in [0.15, 0.2) is 42.5 Å². The highest BCUT2D eigenvalue weighted by Crippen LogP contribution is 2.50. The second-order valence-corrected chi connectivity index (χ2v) is 11.7. The van der Waals surface area contributed by atoms with Gasteiger partial charge in [0.05, 0.1) is 0 Å². The van der Waals surface area contributed by atoms with Crippen LogP contribution in [0.1, 0.15) is 78.4 Å². The summed E-state index contributed by atoms with van der Waals surface area (Å²) in [5.41, 5.74) is 6.37. The minimum atomic E-state index is -0.234. The lowest BCUT2D eigenvalue weighted by Crippen LogP contribution is -2.15. The molecule has 1 nitrogen and oxygen atoms in total. The fraction of sp³-hybridized carbons (Fsp3) is 0.500. The number of benzene rings is 2. The molecule has 0 aromatic heterocycles. The first kappa shape index (κ1) is 21.0. The minimum Gasteiger partial charge on any atom is -0.657 e. The summed E-state index contributed by atoms with van der Waals surface area (Å²) >= 11 is 0. The quantitative estimate of drug-likeness (QED) is 0.437. The van der Waals surface area contributed by atoms with Gasteiger partial charge in [-0.3, -0.25) is 0 Å². The van der Waals surface area contributed by atoms with E-state index >= 15 is 0 Å². The van der Waals surface area contributed by atoms with Gasteiger partial charge >= 0.3 is 0 Å². The molecule has 0 radical (unpaired) electrons. The summed E-state index contributed by atoms with van der Waals surface area (Å²) in [6, 6.07) is 15.5. The van der Waals surface area contributed by atoms with Crippen LogP contribution in [0, 0.1) is 0 Å². The van der Waals surface area contributed by atoms with E-state index in [2.05, 4.69) is 97.9 Å². The molecule has 2 aromatic rings. The average molecular weight is 369 g/mol.